The summed E-state index contributed by atoms with van der Waals surface area (Å²) in [5.74, 6) is 1.18. The highest BCUT2D eigenvalue weighted by molar-refractivity contribution is 6.30. The fourth-order valence-electron chi connectivity index (χ4n) is 2.11. The lowest BCUT2D eigenvalue weighted by atomic mass is 10.1. The molecule has 0 spiro atoms. The van der Waals surface area contributed by atoms with Crippen molar-refractivity contribution in [2.75, 3.05) is 19.6 Å². The first-order valence-corrected chi connectivity index (χ1v) is 8.05. The van der Waals surface area contributed by atoms with Crippen molar-refractivity contribution in [3.05, 3.63) is 59.0 Å². The molecule has 0 amide bonds. The van der Waals surface area contributed by atoms with E-state index in [0.717, 1.165) is 30.1 Å². The molecular formula is C17H22ClN3O2. The first-order chi connectivity index (χ1) is 11.2. The fraction of sp³-hybridized carbons (Fsp3) is 0.353. The highest BCUT2D eigenvalue weighted by Gasteiger charge is 2.09. The van der Waals surface area contributed by atoms with Gasteiger partial charge in [0, 0.05) is 18.1 Å². The zero-order valence-electron chi connectivity index (χ0n) is 13.1. The molecule has 0 radical (unpaired) electrons. The maximum Gasteiger partial charge on any atom is 0.191 e. The van der Waals surface area contributed by atoms with Crippen LogP contribution in [-0.2, 0) is 6.42 Å². The Morgan fingerprint density at radius 1 is 1.30 bits per heavy atom. The van der Waals surface area contributed by atoms with Gasteiger partial charge in [-0.05, 0) is 43.2 Å². The van der Waals surface area contributed by atoms with Crippen molar-refractivity contribution < 1.29 is 9.52 Å². The van der Waals surface area contributed by atoms with E-state index in [2.05, 4.69) is 15.6 Å². The fourth-order valence-corrected chi connectivity index (χ4v) is 2.32. The number of benzene rings is 1. The molecule has 1 atom stereocenters. The second-order valence-electron chi connectivity index (χ2n) is 5.06. The maximum absolute atomic E-state index is 9.99. The van der Waals surface area contributed by atoms with E-state index in [0.29, 0.717) is 11.7 Å². The van der Waals surface area contributed by atoms with Crippen molar-refractivity contribution in [1.82, 2.24) is 10.6 Å². The number of aliphatic hydroxyl groups excluding tert-OH is 1. The van der Waals surface area contributed by atoms with Crippen molar-refractivity contribution in [1.29, 1.82) is 0 Å². The van der Waals surface area contributed by atoms with Gasteiger partial charge in [0.1, 0.15) is 11.9 Å². The number of hydrogen-bond acceptors (Lipinski definition) is 3. The minimum absolute atomic E-state index is 0.236. The lowest BCUT2D eigenvalue weighted by molar-refractivity contribution is 0.158. The van der Waals surface area contributed by atoms with Gasteiger partial charge in [0.05, 0.1) is 12.8 Å². The van der Waals surface area contributed by atoms with Gasteiger partial charge in [-0.3, -0.25) is 4.99 Å². The standard InChI is InChI=1S/C17H22ClN3O2/c1-2-19-17(21-12-15(22)16-7-4-10-23-16)20-9-8-13-5-3-6-14(18)11-13/h3-7,10-11,15,22H,2,8-9,12H2,1H3,(H2,19,20,21). The largest absolute Gasteiger partial charge is 0.467 e. The van der Waals surface area contributed by atoms with Crippen molar-refractivity contribution in [2.45, 2.75) is 19.4 Å². The number of aliphatic imine (C=N–C) groups is 1. The van der Waals surface area contributed by atoms with Crippen LogP contribution in [0.15, 0.2) is 52.1 Å². The van der Waals surface area contributed by atoms with Gasteiger partial charge >= 0.3 is 0 Å². The highest BCUT2D eigenvalue weighted by Crippen LogP contribution is 2.13. The molecule has 6 heteroatoms. The SMILES string of the molecule is CCNC(=NCC(O)c1ccco1)NCCc1cccc(Cl)c1. The van der Waals surface area contributed by atoms with Crippen LogP contribution in [0, 0.1) is 0 Å². The van der Waals surface area contributed by atoms with Crippen LogP contribution in [0.2, 0.25) is 5.02 Å². The zero-order valence-corrected chi connectivity index (χ0v) is 13.9. The normalized spacial score (nSPS) is 12.9. The van der Waals surface area contributed by atoms with Crippen LogP contribution < -0.4 is 10.6 Å². The minimum Gasteiger partial charge on any atom is -0.467 e. The van der Waals surface area contributed by atoms with E-state index >= 15 is 0 Å². The average Bonchev–Trinajstić information content (AvgIpc) is 3.07. The number of guanidine groups is 1. The van der Waals surface area contributed by atoms with Crippen LogP contribution in [-0.4, -0.2) is 30.7 Å². The average molecular weight is 336 g/mol. The van der Waals surface area contributed by atoms with E-state index in [1.54, 1.807) is 12.1 Å². The lowest BCUT2D eigenvalue weighted by Gasteiger charge is -2.12. The predicted octanol–water partition coefficient (Wildman–Crippen LogP) is 2.76. The third-order valence-corrected chi connectivity index (χ3v) is 3.47. The number of rotatable bonds is 7. The quantitative estimate of drug-likeness (QED) is 0.537. The molecule has 0 aliphatic heterocycles. The first kappa shape index (κ1) is 17.4. The Balaban J connectivity index is 1.84. The summed E-state index contributed by atoms with van der Waals surface area (Å²) in [6.07, 6.45) is 1.64. The van der Waals surface area contributed by atoms with E-state index in [9.17, 15) is 5.11 Å². The third kappa shape index (κ3) is 5.96. The molecule has 0 aliphatic rings. The number of aliphatic hydroxyl groups is 1. The highest BCUT2D eigenvalue weighted by atomic mass is 35.5. The van der Waals surface area contributed by atoms with Gasteiger partial charge in [-0.15, -0.1) is 0 Å². The molecule has 0 fully saturated rings. The molecule has 2 rings (SSSR count). The van der Waals surface area contributed by atoms with Gasteiger partial charge in [-0.25, -0.2) is 0 Å². The molecule has 0 bridgehead atoms. The molecule has 1 aromatic heterocycles. The van der Waals surface area contributed by atoms with Gasteiger partial charge in [0.15, 0.2) is 5.96 Å². The Morgan fingerprint density at radius 2 is 2.17 bits per heavy atom. The molecule has 124 valence electrons. The Bertz CT molecular complexity index is 614. The Labute approximate surface area is 141 Å². The third-order valence-electron chi connectivity index (χ3n) is 3.23. The van der Waals surface area contributed by atoms with E-state index in [-0.39, 0.29) is 6.54 Å². The van der Waals surface area contributed by atoms with Crippen LogP contribution in [0.25, 0.3) is 0 Å². The Hall–Kier alpha value is -1.98. The first-order valence-electron chi connectivity index (χ1n) is 7.67. The number of furan rings is 1. The molecule has 0 saturated heterocycles. The predicted molar refractivity (Wildman–Crippen MR) is 92.8 cm³/mol. The van der Waals surface area contributed by atoms with Crippen molar-refractivity contribution >= 4 is 17.6 Å². The van der Waals surface area contributed by atoms with Crippen LogP contribution in [0.5, 0.6) is 0 Å². The molecule has 23 heavy (non-hydrogen) atoms. The number of hydrogen-bond donors (Lipinski definition) is 3. The summed E-state index contributed by atoms with van der Waals surface area (Å²) in [6, 6.07) is 11.3. The second kappa shape index (κ2) is 9.22. The summed E-state index contributed by atoms with van der Waals surface area (Å²) < 4.78 is 5.17. The Kier molecular flexibility index (Phi) is 6.97. The minimum atomic E-state index is -0.742. The maximum atomic E-state index is 9.99. The van der Waals surface area contributed by atoms with E-state index in [1.807, 2.05) is 31.2 Å². The van der Waals surface area contributed by atoms with Gasteiger partial charge in [-0.2, -0.15) is 0 Å². The molecule has 0 saturated carbocycles. The van der Waals surface area contributed by atoms with Gasteiger partial charge in [0.25, 0.3) is 0 Å². The van der Waals surface area contributed by atoms with Crippen LogP contribution in [0.4, 0.5) is 0 Å². The molecule has 1 heterocycles. The van der Waals surface area contributed by atoms with Crippen molar-refractivity contribution in [3.63, 3.8) is 0 Å². The molecule has 0 aliphatic carbocycles. The van der Waals surface area contributed by atoms with Gasteiger partial charge in [0.2, 0.25) is 0 Å². The van der Waals surface area contributed by atoms with Crippen LogP contribution in [0.1, 0.15) is 24.4 Å². The summed E-state index contributed by atoms with van der Waals surface area (Å²) in [5, 5.41) is 17.1. The summed E-state index contributed by atoms with van der Waals surface area (Å²) in [5.41, 5.74) is 1.16. The molecule has 3 N–H and O–H groups in total. The van der Waals surface area contributed by atoms with Crippen LogP contribution >= 0.6 is 11.6 Å². The van der Waals surface area contributed by atoms with Crippen molar-refractivity contribution in [2.24, 2.45) is 4.99 Å². The summed E-state index contributed by atoms with van der Waals surface area (Å²) >= 11 is 5.98. The lowest BCUT2D eigenvalue weighted by Crippen LogP contribution is -2.38. The Morgan fingerprint density at radius 3 is 2.87 bits per heavy atom. The summed E-state index contributed by atoms with van der Waals surface area (Å²) in [7, 11) is 0. The summed E-state index contributed by atoms with van der Waals surface area (Å²) in [6.45, 7) is 3.71. The molecule has 1 aromatic carbocycles. The number of nitrogens with zero attached hydrogens (tertiary/aromatic N) is 1. The molecule has 5 nitrogen and oxygen atoms in total. The van der Waals surface area contributed by atoms with E-state index < -0.39 is 6.10 Å². The van der Waals surface area contributed by atoms with Crippen LogP contribution in [0.3, 0.4) is 0 Å². The van der Waals surface area contributed by atoms with E-state index in [4.69, 9.17) is 16.0 Å². The van der Waals surface area contributed by atoms with Gasteiger partial charge < -0.3 is 20.2 Å². The van der Waals surface area contributed by atoms with E-state index in [1.165, 1.54) is 6.26 Å². The molecule has 1 unspecified atom stereocenters. The van der Waals surface area contributed by atoms with Gasteiger partial charge in [-0.1, -0.05) is 23.7 Å². The second-order valence-corrected chi connectivity index (χ2v) is 5.49. The zero-order chi connectivity index (χ0) is 16.5. The molecule has 2 aromatic rings. The number of halogens is 1. The summed E-state index contributed by atoms with van der Waals surface area (Å²) in [4.78, 5) is 4.38. The smallest absolute Gasteiger partial charge is 0.191 e. The number of nitrogens with one attached hydrogen (secondary N) is 2. The monoisotopic (exact) mass is 335 g/mol. The topological polar surface area (TPSA) is 69.8 Å². The van der Waals surface area contributed by atoms with Crippen molar-refractivity contribution in [3.8, 4) is 0 Å². The molecular weight excluding hydrogens is 314 g/mol.